The van der Waals surface area contributed by atoms with Crippen LogP contribution in [-0.4, -0.2) is 97.0 Å². The maximum Gasteiger partial charge on any atom is 0.318 e. The molecule has 2 heterocycles. The Morgan fingerprint density at radius 2 is 1.07 bits per heavy atom. The van der Waals surface area contributed by atoms with Crippen LogP contribution >= 0.6 is 34.8 Å². The highest BCUT2D eigenvalue weighted by Gasteiger charge is 2.62. The normalized spacial score (nSPS) is 25.3. The number of hydrogen-bond donors (Lipinski definition) is 2. The van der Waals surface area contributed by atoms with Crippen LogP contribution in [0.25, 0.3) is 0 Å². The smallest absolute Gasteiger partial charge is 0.318 e. The number of carbonyl (C=O) groups excluding carboxylic acids is 2. The Morgan fingerprint density at radius 1 is 0.625 bits per heavy atom. The van der Waals surface area contributed by atoms with Gasteiger partial charge in [-0.3, -0.25) is 15.3 Å². The summed E-state index contributed by atoms with van der Waals surface area (Å²) < 4.78 is 63.9. The molecule has 0 bridgehead atoms. The summed E-state index contributed by atoms with van der Waals surface area (Å²) in [6.07, 6.45) is -6.53. The van der Waals surface area contributed by atoms with E-state index in [9.17, 15) is 4.79 Å². The molecule has 10 atom stereocenters. The molecule has 0 unspecified atom stereocenters. The molecule has 14 nitrogen and oxygen atoms in total. The molecule has 2 aliphatic rings. The van der Waals surface area contributed by atoms with Crippen LogP contribution in [0.5, 0.6) is 0 Å². The van der Waals surface area contributed by atoms with Gasteiger partial charge >= 0.3 is 5.97 Å². The minimum absolute atomic E-state index is 0.0167. The number of esters is 1. The fourth-order valence-corrected chi connectivity index (χ4v) is 8.66. The molecule has 2 aliphatic heterocycles. The number of ether oxygens (including phenoxy) is 10. The van der Waals surface area contributed by atoms with Crippen LogP contribution in [0.3, 0.4) is 0 Å². The van der Waals surface area contributed by atoms with Crippen molar-refractivity contribution in [3.8, 4) is 0 Å². The maximum atomic E-state index is 15.0. The van der Waals surface area contributed by atoms with E-state index in [0.29, 0.717) is 0 Å². The summed E-state index contributed by atoms with van der Waals surface area (Å²) >= 11 is 18.6. The Hall–Kier alpha value is -4.75. The number of alkyl halides is 3. The molecule has 0 spiro atoms. The van der Waals surface area contributed by atoms with Gasteiger partial charge in [0, 0.05) is 6.92 Å². The fraction of sp³-hybridized carbons (Fsp3) is 0.382. The Morgan fingerprint density at radius 3 is 1.53 bits per heavy atom. The van der Waals surface area contributed by atoms with Gasteiger partial charge in [0.1, 0.15) is 49.3 Å². The van der Waals surface area contributed by atoms with E-state index in [1.807, 2.05) is 152 Å². The van der Waals surface area contributed by atoms with Crippen LogP contribution in [0.2, 0.25) is 0 Å². The highest BCUT2D eigenvalue weighted by atomic mass is 35.6. The van der Waals surface area contributed by atoms with E-state index in [4.69, 9.17) is 87.9 Å². The second-order valence-corrected chi connectivity index (χ2v) is 19.9. The Kier molecular flexibility index (Phi) is 21.0. The predicted octanol–water partition coefficient (Wildman–Crippen LogP) is 8.53. The van der Waals surface area contributed by atoms with E-state index in [-0.39, 0.29) is 52.9 Å². The average molecular weight is 1050 g/mol. The first kappa shape index (κ1) is 55.0. The van der Waals surface area contributed by atoms with Crippen LogP contribution in [0, 0.1) is 5.92 Å². The van der Waals surface area contributed by atoms with E-state index in [1.54, 1.807) is 6.08 Å². The number of benzene rings is 5. The van der Waals surface area contributed by atoms with Crippen molar-refractivity contribution in [2.24, 2.45) is 11.7 Å². The largest absolute Gasteiger partial charge is 0.461 e. The Bertz CT molecular complexity index is 2390. The number of hydrogen-bond acceptors (Lipinski definition) is 13. The summed E-state index contributed by atoms with van der Waals surface area (Å²) in [5.41, 5.74) is 11.8. The summed E-state index contributed by atoms with van der Waals surface area (Å²) in [5.74, 6) is -5.61. The van der Waals surface area contributed by atoms with E-state index in [0.717, 1.165) is 27.8 Å². The minimum atomic E-state index is -2.50. The van der Waals surface area contributed by atoms with Gasteiger partial charge in [0.05, 0.1) is 52.9 Å². The molecule has 5 aromatic rings. The topological polar surface area (TPSA) is 164 Å². The first-order valence-electron chi connectivity index (χ1n) is 23.6. The molecule has 3 N–H and O–H groups in total. The van der Waals surface area contributed by atoms with Crippen LogP contribution in [-0.2, 0) is 90.0 Å². The molecular formula is C55H61Cl3N2O12. The molecule has 17 heteroatoms. The molecule has 2 fully saturated rings. The average Bonchev–Trinajstić information content (AvgIpc) is 3.38. The second kappa shape index (κ2) is 27.5. The van der Waals surface area contributed by atoms with Crippen LogP contribution in [0.4, 0.5) is 0 Å². The number of rotatable bonds is 25. The van der Waals surface area contributed by atoms with Gasteiger partial charge in [-0.1, -0.05) is 193 Å². The van der Waals surface area contributed by atoms with Crippen molar-refractivity contribution < 1.29 is 57.0 Å². The molecule has 0 radical (unpaired) electrons. The fourth-order valence-electron chi connectivity index (χ4n) is 8.49. The van der Waals surface area contributed by atoms with Gasteiger partial charge in [-0.05, 0) is 27.8 Å². The number of amides is 1. The third kappa shape index (κ3) is 16.4. The van der Waals surface area contributed by atoms with Gasteiger partial charge in [-0.2, -0.15) is 0 Å². The van der Waals surface area contributed by atoms with Crippen molar-refractivity contribution in [3.05, 3.63) is 192 Å². The van der Waals surface area contributed by atoms with Gasteiger partial charge < -0.3 is 52.7 Å². The number of halogens is 3. The lowest BCUT2D eigenvalue weighted by molar-refractivity contribution is -0.393. The molecule has 2 saturated heterocycles. The molecule has 384 valence electrons. The van der Waals surface area contributed by atoms with Crippen LogP contribution in [0.1, 0.15) is 34.7 Å². The molecule has 1 amide bonds. The van der Waals surface area contributed by atoms with Crippen molar-refractivity contribution in [2.45, 2.75) is 98.6 Å². The molecule has 0 saturated carbocycles. The first-order valence-corrected chi connectivity index (χ1v) is 24.8. The predicted molar refractivity (Wildman–Crippen MR) is 271 cm³/mol. The summed E-state index contributed by atoms with van der Waals surface area (Å²) in [6, 6.07) is 46.4. The van der Waals surface area contributed by atoms with Gasteiger partial charge in [0.25, 0.3) is 0 Å². The lowest BCUT2D eigenvalue weighted by Crippen LogP contribution is -2.74. The third-order valence-corrected chi connectivity index (χ3v) is 12.1. The van der Waals surface area contributed by atoms with Crippen LogP contribution in [0.15, 0.2) is 164 Å². The van der Waals surface area contributed by atoms with E-state index in [2.05, 4.69) is 11.9 Å². The molecular weight excluding hydrogens is 987 g/mol. The van der Waals surface area contributed by atoms with Crippen molar-refractivity contribution in [1.82, 2.24) is 5.32 Å². The third-order valence-electron chi connectivity index (χ3n) is 11.8. The zero-order valence-corrected chi connectivity index (χ0v) is 42.2. The first-order chi connectivity index (χ1) is 34.9. The SMILES string of the molecule is C=CCO[C@@H]1[C@@H](NC(C)=O)[C@@H](OCc2ccccc2)O[C@H](COCc2ccccc2)[C@H]1O[C@]1(N)O[C@H](COCc2ccccc2)[C@@H](OCc2ccccc2)[C@H](OCc2ccccc2)[C@H]1C(=O)OCC(Cl)(Cl)Cl. The monoisotopic (exact) mass is 1050 g/mol. The zero-order chi connectivity index (χ0) is 50.8. The summed E-state index contributed by atoms with van der Waals surface area (Å²) in [4.78, 5) is 28.2. The molecule has 0 aromatic heterocycles. The highest BCUT2D eigenvalue weighted by Crippen LogP contribution is 2.42. The molecule has 0 aliphatic carbocycles. The minimum Gasteiger partial charge on any atom is -0.461 e. The molecule has 72 heavy (non-hydrogen) atoms. The van der Waals surface area contributed by atoms with Crippen molar-refractivity contribution in [2.75, 3.05) is 26.4 Å². The molecule has 5 aromatic carbocycles. The Labute approximate surface area is 435 Å². The number of carbonyl (C=O) groups is 2. The molecule has 7 rings (SSSR count). The lowest BCUT2D eigenvalue weighted by atomic mass is 9.86. The lowest BCUT2D eigenvalue weighted by Gasteiger charge is -2.53. The van der Waals surface area contributed by atoms with E-state index in [1.165, 1.54) is 6.92 Å². The van der Waals surface area contributed by atoms with Crippen molar-refractivity contribution in [3.63, 3.8) is 0 Å². The standard InChI is InChI=1S/C55H61Cl3N2O12/c1-3-29-65-51-47(60-38(2)61)53(68-34-43-27-17-8-18-28-43)70-44(35-63-30-39-19-9-4-10-20-39)49(51)72-55(59)46(52(62)69-37-54(56,57)58)50(67-33-42-25-15-7-16-26-42)48(66-32-41-23-13-6-14-24-41)45(71-55)36-64-31-40-21-11-5-12-22-40/h3-28,44-51,53H,1,29-37,59H2,2H3,(H,60,61)/t44-,45-,46+,47-,48-,49-,50-,51-,53+,55-/m1/s1. The van der Waals surface area contributed by atoms with Gasteiger partial charge in [0.2, 0.25) is 15.6 Å². The van der Waals surface area contributed by atoms with Crippen molar-refractivity contribution in [1.29, 1.82) is 0 Å². The highest BCUT2D eigenvalue weighted by molar-refractivity contribution is 6.67. The number of nitrogens with two attached hydrogens (primary N) is 1. The quantitative estimate of drug-likeness (QED) is 0.0248. The Balaban J connectivity index is 1.33. The zero-order valence-electron chi connectivity index (χ0n) is 39.9. The number of nitrogens with one attached hydrogen (secondary N) is 1. The van der Waals surface area contributed by atoms with Crippen LogP contribution < -0.4 is 11.1 Å². The summed E-state index contributed by atoms with van der Waals surface area (Å²) in [6.45, 7) is 4.85. The second-order valence-electron chi connectivity index (χ2n) is 17.3. The van der Waals surface area contributed by atoms with Gasteiger partial charge in [-0.25, -0.2) is 0 Å². The van der Waals surface area contributed by atoms with E-state index < -0.39 is 83.1 Å². The maximum absolute atomic E-state index is 15.0. The van der Waals surface area contributed by atoms with Gasteiger partial charge in [0.15, 0.2) is 12.2 Å². The van der Waals surface area contributed by atoms with Crippen molar-refractivity contribution >= 4 is 46.7 Å². The van der Waals surface area contributed by atoms with Gasteiger partial charge in [-0.15, -0.1) is 6.58 Å². The summed E-state index contributed by atoms with van der Waals surface area (Å²) in [5, 5.41) is 2.97. The van der Waals surface area contributed by atoms with E-state index >= 15 is 4.79 Å². The summed E-state index contributed by atoms with van der Waals surface area (Å²) in [7, 11) is 0.